The number of hydrogen-bond acceptors (Lipinski definition) is 7. The molecule has 0 aromatic carbocycles. The van der Waals surface area contributed by atoms with Crippen molar-refractivity contribution in [3.05, 3.63) is 20.8 Å². The van der Waals surface area contributed by atoms with Gasteiger partial charge in [-0.2, -0.15) is 5.01 Å². The third-order valence-electron chi connectivity index (χ3n) is 3.17. The zero-order valence-electron chi connectivity index (χ0n) is 16.2. The summed E-state index contributed by atoms with van der Waals surface area (Å²) in [6.45, 7) is 3.17. The van der Waals surface area contributed by atoms with E-state index < -0.39 is 23.4 Å². The fraction of sp³-hybridized carbons (Fsp3) is 0.533. The van der Waals surface area contributed by atoms with Crippen molar-refractivity contribution in [2.24, 2.45) is 19.1 Å². The van der Waals surface area contributed by atoms with Gasteiger partial charge in [0.15, 0.2) is 11.5 Å². The van der Waals surface area contributed by atoms with Crippen molar-refractivity contribution < 1.29 is 19.1 Å². The minimum absolute atomic E-state index is 0.0117. The number of anilines is 1. The van der Waals surface area contributed by atoms with Crippen LogP contribution in [0.4, 0.5) is 21.1 Å². The van der Waals surface area contributed by atoms with Crippen LogP contribution in [-0.4, -0.2) is 59.9 Å². The molecule has 1 aromatic rings. The third kappa shape index (κ3) is 5.09. The van der Waals surface area contributed by atoms with Gasteiger partial charge < -0.3 is 14.4 Å². The van der Waals surface area contributed by atoms with E-state index in [9.17, 15) is 19.2 Å². The maximum atomic E-state index is 12.7. The average molecular weight is 384 g/mol. The Morgan fingerprint density at radius 2 is 1.70 bits per heavy atom. The maximum absolute atomic E-state index is 12.7. The van der Waals surface area contributed by atoms with E-state index in [1.807, 2.05) is 0 Å². The van der Waals surface area contributed by atoms with Crippen LogP contribution in [0, 0.1) is 0 Å². The fourth-order valence-corrected chi connectivity index (χ4v) is 1.96. The summed E-state index contributed by atoms with van der Waals surface area (Å²) in [6.07, 6.45) is -0.683. The number of nitrogens with one attached hydrogen (secondary N) is 1. The number of carbonyl (C=O) groups excluding carboxylic acids is 2. The van der Waals surface area contributed by atoms with E-state index in [1.54, 1.807) is 32.8 Å². The molecule has 0 spiro atoms. The molecule has 0 bridgehead atoms. The first-order valence-corrected chi connectivity index (χ1v) is 8.06. The standard InChI is InChI=1S/C15H24N6O6/c1-7-26-13(23)17-21(15(25)27-8-2)10-11(16-9-18(3)4)19(5)14(24)20(6)12(10)22/h9H,7-8H2,1-6H3,(H,17,23)/b16-9+. The van der Waals surface area contributed by atoms with Crippen molar-refractivity contribution in [3.8, 4) is 0 Å². The number of rotatable bonds is 5. The fourth-order valence-electron chi connectivity index (χ4n) is 1.96. The number of nitrogens with zero attached hydrogens (tertiary/aromatic N) is 5. The molecule has 1 aromatic heterocycles. The smallest absolute Gasteiger partial charge is 0.433 e. The Morgan fingerprint density at radius 1 is 1.11 bits per heavy atom. The highest BCUT2D eigenvalue weighted by molar-refractivity contribution is 5.93. The Balaban J connectivity index is 3.72. The maximum Gasteiger partial charge on any atom is 0.433 e. The summed E-state index contributed by atoms with van der Waals surface area (Å²) < 4.78 is 11.5. The molecular weight excluding hydrogens is 360 g/mol. The van der Waals surface area contributed by atoms with Crippen LogP contribution < -0.4 is 21.7 Å². The SMILES string of the molecule is CCOC(=O)NN(C(=O)OCC)c1c(/N=C/N(C)C)n(C)c(=O)n(C)c1=O. The quantitative estimate of drug-likeness (QED) is 0.427. The van der Waals surface area contributed by atoms with Crippen LogP contribution in [0.1, 0.15) is 13.8 Å². The van der Waals surface area contributed by atoms with Gasteiger partial charge in [-0.3, -0.25) is 13.9 Å². The van der Waals surface area contributed by atoms with Gasteiger partial charge in [-0.05, 0) is 13.8 Å². The zero-order chi connectivity index (χ0) is 20.7. The van der Waals surface area contributed by atoms with Crippen molar-refractivity contribution >= 4 is 30.0 Å². The molecule has 150 valence electrons. The minimum Gasteiger partial charge on any atom is -0.449 e. The number of ether oxygens (including phenoxy) is 2. The summed E-state index contributed by atoms with van der Waals surface area (Å²) in [6, 6.07) is 0. The molecule has 1 heterocycles. The number of amides is 2. The molecular formula is C15H24N6O6. The molecule has 27 heavy (non-hydrogen) atoms. The molecule has 12 heteroatoms. The first kappa shape index (κ1) is 21.7. The van der Waals surface area contributed by atoms with Crippen molar-refractivity contribution in [2.45, 2.75) is 13.8 Å². The van der Waals surface area contributed by atoms with Gasteiger partial charge in [0, 0.05) is 28.2 Å². The van der Waals surface area contributed by atoms with Crippen LogP contribution in [0.2, 0.25) is 0 Å². The molecule has 0 saturated carbocycles. The van der Waals surface area contributed by atoms with Gasteiger partial charge in [0.05, 0.1) is 19.6 Å². The highest BCUT2D eigenvalue weighted by Gasteiger charge is 2.29. The minimum atomic E-state index is -1.04. The van der Waals surface area contributed by atoms with E-state index in [0.717, 1.165) is 9.13 Å². The Bertz CT molecular complexity index is 840. The van der Waals surface area contributed by atoms with Gasteiger partial charge in [0.2, 0.25) is 0 Å². The van der Waals surface area contributed by atoms with Gasteiger partial charge in [0.1, 0.15) is 0 Å². The molecule has 1 N–H and O–H groups in total. The summed E-state index contributed by atoms with van der Waals surface area (Å²) in [5.74, 6) is -0.151. The van der Waals surface area contributed by atoms with E-state index >= 15 is 0 Å². The Morgan fingerprint density at radius 3 is 2.22 bits per heavy atom. The van der Waals surface area contributed by atoms with Crippen LogP contribution in [0.15, 0.2) is 14.6 Å². The summed E-state index contributed by atoms with van der Waals surface area (Å²) in [5.41, 5.74) is 0.261. The average Bonchev–Trinajstić information content (AvgIpc) is 2.60. The molecule has 2 amide bonds. The van der Waals surface area contributed by atoms with Gasteiger partial charge in [0.25, 0.3) is 5.56 Å². The summed E-state index contributed by atoms with van der Waals surface area (Å²) >= 11 is 0. The summed E-state index contributed by atoms with van der Waals surface area (Å²) in [7, 11) is 5.98. The van der Waals surface area contributed by atoms with Crippen molar-refractivity contribution in [3.63, 3.8) is 0 Å². The first-order valence-electron chi connectivity index (χ1n) is 8.06. The predicted molar refractivity (Wildman–Crippen MR) is 98.4 cm³/mol. The molecule has 0 unspecified atom stereocenters. The number of hydrogen-bond donors (Lipinski definition) is 1. The van der Waals surface area contributed by atoms with Crippen LogP contribution in [-0.2, 0) is 23.6 Å². The largest absolute Gasteiger partial charge is 0.449 e. The predicted octanol–water partition coefficient (Wildman–Crippen LogP) is -0.0706. The summed E-state index contributed by atoms with van der Waals surface area (Å²) in [5, 5.41) is 0.575. The molecule has 0 aliphatic carbocycles. The van der Waals surface area contributed by atoms with Crippen molar-refractivity contribution in [1.29, 1.82) is 0 Å². The normalized spacial score (nSPS) is 10.6. The van der Waals surface area contributed by atoms with Crippen LogP contribution in [0.3, 0.4) is 0 Å². The first-order chi connectivity index (χ1) is 12.6. The zero-order valence-corrected chi connectivity index (χ0v) is 16.2. The van der Waals surface area contributed by atoms with Crippen LogP contribution >= 0.6 is 0 Å². The number of aliphatic imine (C=N–C) groups is 1. The molecule has 0 saturated heterocycles. The highest BCUT2D eigenvalue weighted by Crippen LogP contribution is 2.22. The molecule has 0 fully saturated rings. The Kier molecular flexibility index (Phi) is 7.57. The van der Waals surface area contributed by atoms with Crippen LogP contribution in [0.25, 0.3) is 0 Å². The van der Waals surface area contributed by atoms with Crippen molar-refractivity contribution in [2.75, 3.05) is 32.3 Å². The van der Waals surface area contributed by atoms with Gasteiger partial charge >= 0.3 is 17.9 Å². The van der Waals surface area contributed by atoms with Crippen LogP contribution in [0.5, 0.6) is 0 Å². The lowest BCUT2D eigenvalue weighted by Gasteiger charge is -2.23. The summed E-state index contributed by atoms with van der Waals surface area (Å²) in [4.78, 5) is 54.8. The topological polar surface area (TPSA) is 127 Å². The Hall–Kier alpha value is -3.31. The molecule has 0 aliphatic rings. The lowest BCUT2D eigenvalue weighted by atomic mass is 10.4. The molecule has 0 radical (unpaired) electrons. The van der Waals surface area contributed by atoms with Crippen molar-refractivity contribution in [1.82, 2.24) is 19.5 Å². The third-order valence-corrected chi connectivity index (χ3v) is 3.17. The molecule has 0 aliphatic heterocycles. The number of hydrazine groups is 1. The number of carbonyl (C=O) groups is 2. The van der Waals surface area contributed by atoms with Gasteiger partial charge in [-0.25, -0.2) is 24.8 Å². The monoisotopic (exact) mass is 384 g/mol. The molecule has 1 rings (SSSR count). The van der Waals surface area contributed by atoms with E-state index in [1.165, 1.54) is 20.4 Å². The van der Waals surface area contributed by atoms with Gasteiger partial charge in [-0.1, -0.05) is 0 Å². The Labute approximate surface area is 155 Å². The second kappa shape index (κ2) is 9.40. The second-order valence-electron chi connectivity index (χ2n) is 5.45. The molecule has 12 nitrogen and oxygen atoms in total. The lowest BCUT2D eigenvalue weighted by Crippen LogP contribution is -2.51. The lowest BCUT2D eigenvalue weighted by molar-refractivity contribution is 0.138. The van der Waals surface area contributed by atoms with E-state index in [-0.39, 0.29) is 24.7 Å². The molecule has 0 atom stereocenters. The van der Waals surface area contributed by atoms with E-state index in [0.29, 0.717) is 5.01 Å². The van der Waals surface area contributed by atoms with Gasteiger partial charge in [-0.15, -0.1) is 0 Å². The van der Waals surface area contributed by atoms with E-state index in [4.69, 9.17) is 9.47 Å². The number of aromatic nitrogens is 2. The second-order valence-corrected chi connectivity index (χ2v) is 5.45. The van der Waals surface area contributed by atoms with E-state index in [2.05, 4.69) is 10.4 Å². The highest BCUT2D eigenvalue weighted by atomic mass is 16.6.